The lowest BCUT2D eigenvalue weighted by molar-refractivity contribution is -0.126. The van der Waals surface area contributed by atoms with Crippen molar-refractivity contribution in [2.24, 2.45) is 5.92 Å². The summed E-state index contributed by atoms with van der Waals surface area (Å²) in [5.74, 6) is 0.686. The van der Waals surface area contributed by atoms with Crippen LogP contribution in [-0.2, 0) is 9.53 Å². The Kier molecular flexibility index (Phi) is 3.97. The Morgan fingerprint density at radius 1 is 1.27 bits per heavy atom. The summed E-state index contributed by atoms with van der Waals surface area (Å²) in [5.41, 5.74) is 0. The van der Waals surface area contributed by atoms with E-state index < -0.39 is 0 Å². The summed E-state index contributed by atoms with van der Waals surface area (Å²) in [6.45, 7) is 3.14. The van der Waals surface area contributed by atoms with Gasteiger partial charge in [0.1, 0.15) is 6.61 Å². The molecule has 1 amide bonds. The highest BCUT2D eigenvalue weighted by atomic mass is 16.5. The molecule has 0 aromatic heterocycles. The largest absolute Gasteiger partial charge is 0.371 e. The summed E-state index contributed by atoms with van der Waals surface area (Å²) in [7, 11) is 0. The average molecular weight is 212 g/mol. The maximum atomic E-state index is 11.3. The normalized spacial score (nSPS) is 22.7. The van der Waals surface area contributed by atoms with E-state index in [0.717, 1.165) is 32.5 Å². The van der Waals surface area contributed by atoms with Crippen LogP contribution in [0, 0.1) is 5.92 Å². The lowest BCUT2D eigenvalue weighted by Crippen LogP contribution is -2.32. The molecule has 1 aliphatic carbocycles. The third-order valence-corrected chi connectivity index (χ3v) is 2.99. The highest BCUT2D eigenvalue weighted by Crippen LogP contribution is 2.18. The van der Waals surface area contributed by atoms with Gasteiger partial charge in [-0.2, -0.15) is 0 Å². The molecular weight excluding hydrogens is 192 g/mol. The number of nitrogens with one attached hydrogen (secondary N) is 2. The molecule has 4 heteroatoms. The molecule has 4 nitrogen and oxygen atoms in total. The van der Waals surface area contributed by atoms with Gasteiger partial charge in [-0.1, -0.05) is 0 Å². The van der Waals surface area contributed by atoms with Crippen molar-refractivity contribution in [1.82, 2.24) is 10.6 Å². The van der Waals surface area contributed by atoms with Crippen molar-refractivity contribution in [1.29, 1.82) is 0 Å². The molecule has 0 bridgehead atoms. The van der Waals surface area contributed by atoms with Crippen LogP contribution in [0.15, 0.2) is 0 Å². The second kappa shape index (κ2) is 5.47. The van der Waals surface area contributed by atoms with Crippen LogP contribution in [-0.4, -0.2) is 38.3 Å². The first-order valence-electron chi connectivity index (χ1n) is 5.92. The van der Waals surface area contributed by atoms with Crippen LogP contribution in [0.1, 0.15) is 25.7 Å². The molecule has 1 saturated heterocycles. The van der Waals surface area contributed by atoms with Crippen molar-refractivity contribution in [2.45, 2.75) is 31.7 Å². The molecule has 0 unspecified atom stereocenters. The Morgan fingerprint density at radius 3 is 2.67 bits per heavy atom. The van der Waals surface area contributed by atoms with E-state index in [4.69, 9.17) is 4.74 Å². The molecule has 0 atom stereocenters. The molecule has 2 fully saturated rings. The van der Waals surface area contributed by atoms with E-state index in [0.29, 0.717) is 12.0 Å². The van der Waals surface area contributed by atoms with Gasteiger partial charge in [-0.15, -0.1) is 0 Å². The van der Waals surface area contributed by atoms with Crippen molar-refractivity contribution >= 4 is 5.91 Å². The first-order valence-corrected chi connectivity index (χ1v) is 5.92. The molecule has 1 heterocycles. The number of hydrogen-bond donors (Lipinski definition) is 2. The predicted molar refractivity (Wildman–Crippen MR) is 57.6 cm³/mol. The first kappa shape index (κ1) is 10.9. The number of piperidine rings is 1. The third kappa shape index (κ3) is 4.18. The number of ether oxygens (including phenoxy) is 1. The fraction of sp³-hybridized carbons (Fsp3) is 0.909. The lowest BCUT2D eigenvalue weighted by Gasteiger charge is -2.22. The summed E-state index contributed by atoms with van der Waals surface area (Å²) in [5, 5.41) is 6.23. The fourth-order valence-corrected chi connectivity index (χ4v) is 1.86. The van der Waals surface area contributed by atoms with Crippen LogP contribution in [0.2, 0.25) is 0 Å². The molecule has 2 rings (SSSR count). The van der Waals surface area contributed by atoms with Gasteiger partial charge in [-0.05, 0) is 44.7 Å². The van der Waals surface area contributed by atoms with Crippen LogP contribution in [0.3, 0.4) is 0 Å². The molecule has 1 saturated carbocycles. The van der Waals surface area contributed by atoms with Crippen LogP contribution in [0.25, 0.3) is 0 Å². The maximum Gasteiger partial charge on any atom is 0.246 e. The Morgan fingerprint density at radius 2 is 2.00 bits per heavy atom. The Labute approximate surface area is 90.8 Å². The van der Waals surface area contributed by atoms with E-state index in [1.807, 2.05) is 0 Å². The van der Waals surface area contributed by atoms with E-state index in [1.165, 1.54) is 12.8 Å². The van der Waals surface area contributed by atoms with Gasteiger partial charge in [0.2, 0.25) is 5.91 Å². The van der Waals surface area contributed by atoms with Crippen molar-refractivity contribution in [2.75, 3.05) is 26.3 Å². The van der Waals surface area contributed by atoms with Gasteiger partial charge in [0.25, 0.3) is 0 Å². The molecule has 1 aliphatic heterocycles. The van der Waals surface area contributed by atoms with E-state index in [-0.39, 0.29) is 12.5 Å². The third-order valence-electron chi connectivity index (χ3n) is 2.99. The van der Waals surface area contributed by atoms with Gasteiger partial charge in [-0.3, -0.25) is 4.79 Å². The summed E-state index contributed by atoms with van der Waals surface area (Å²) in [6.07, 6.45) is 4.62. The minimum absolute atomic E-state index is 0.0476. The standard InChI is InChI=1S/C11H20N2O2/c14-11(13-10-1-2-10)8-15-7-9-3-5-12-6-4-9/h9-10,12H,1-8H2,(H,13,14). The zero-order chi connectivity index (χ0) is 10.5. The quantitative estimate of drug-likeness (QED) is 0.688. The number of hydrogen-bond acceptors (Lipinski definition) is 3. The zero-order valence-corrected chi connectivity index (χ0v) is 9.13. The number of carbonyl (C=O) groups is 1. The molecule has 0 aromatic carbocycles. The van der Waals surface area contributed by atoms with Gasteiger partial charge in [0, 0.05) is 6.04 Å². The van der Waals surface area contributed by atoms with Gasteiger partial charge >= 0.3 is 0 Å². The van der Waals surface area contributed by atoms with Crippen molar-refractivity contribution in [3.63, 3.8) is 0 Å². The van der Waals surface area contributed by atoms with Crippen LogP contribution >= 0.6 is 0 Å². The van der Waals surface area contributed by atoms with Crippen LogP contribution in [0.5, 0.6) is 0 Å². The van der Waals surface area contributed by atoms with Gasteiger partial charge in [0.05, 0.1) is 6.61 Å². The predicted octanol–water partition coefficient (Wildman–Crippen LogP) is 0.281. The van der Waals surface area contributed by atoms with Crippen molar-refractivity contribution < 1.29 is 9.53 Å². The van der Waals surface area contributed by atoms with Crippen LogP contribution in [0.4, 0.5) is 0 Å². The van der Waals surface area contributed by atoms with Crippen molar-refractivity contribution in [3.8, 4) is 0 Å². The molecule has 86 valence electrons. The highest BCUT2D eigenvalue weighted by molar-refractivity contribution is 5.77. The molecule has 2 aliphatic rings. The van der Waals surface area contributed by atoms with Crippen LogP contribution < -0.4 is 10.6 Å². The highest BCUT2D eigenvalue weighted by Gasteiger charge is 2.23. The number of amides is 1. The molecule has 0 aromatic rings. The monoisotopic (exact) mass is 212 g/mol. The minimum atomic E-state index is 0.0476. The SMILES string of the molecule is O=C(COCC1CCNCC1)NC1CC1. The van der Waals surface area contributed by atoms with E-state index in [9.17, 15) is 4.79 Å². The second-order valence-corrected chi connectivity index (χ2v) is 4.55. The smallest absolute Gasteiger partial charge is 0.246 e. The lowest BCUT2D eigenvalue weighted by atomic mass is 9.99. The topological polar surface area (TPSA) is 50.4 Å². The summed E-state index contributed by atoms with van der Waals surface area (Å²) in [4.78, 5) is 11.3. The van der Waals surface area contributed by atoms with E-state index in [1.54, 1.807) is 0 Å². The molecule has 15 heavy (non-hydrogen) atoms. The Bertz CT molecular complexity index is 211. The minimum Gasteiger partial charge on any atom is -0.371 e. The number of carbonyl (C=O) groups excluding carboxylic acids is 1. The summed E-state index contributed by atoms with van der Waals surface area (Å²) >= 11 is 0. The van der Waals surface area contributed by atoms with Crippen molar-refractivity contribution in [3.05, 3.63) is 0 Å². The summed E-state index contributed by atoms with van der Waals surface area (Å²) < 4.78 is 5.42. The average Bonchev–Trinajstić information content (AvgIpc) is 3.03. The molecule has 0 radical (unpaired) electrons. The Balaban J connectivity index is 1.51. The van der Waals surface area contributed by atoms with Gasteiger partial charge < -0.3 is 15.4 Å². The zero-order valence-electron chi connectivity index (χ0n) is 9.13. The molecule has 0 spiro atoms. The van der Waals surface area contributed by atoms with Gasteiger partial charge in [0.15, 0.2) is 0 Å². The van der Waals surface area contributed by atoms with E-state index >= 15 is 0 Å². The first-order chi connectivity index (χ1) is 7.34. The fourth-order valence-electron chi connectivity index (χ4n) is 1.86. The summed E-state index contributed by atoms with van der Waals surface area (Å²) in [6, 6.07) is 0.444. The van der Waals surface area contributed by atoms with E-state index in [2.05, 4.69) is 10.6 Å². The molecule has 2 N–H and O–H groups in total. The van der Waals surface area contributed by atoms with Gasteiger partial charge in [-0.25, -0.2) is 0 Å². The molecular formula is C11H20N2O2. The maximum absolute atomic E-state index is 11.3. The number of rotatable bonds is 5. The second-order valence-electron chi connectivity index (χ2n) is 4.55. The Hall–Kier alpha value is -0.610.